The Labute approximate surface area is 120 Å². The Kier molecular flexibility index (Phi) is 4.38. The van der Waals surface area contributed by atoms with Gasteiger partial charge in [-0.15, -0.1) is 0 Å². The zero-order valence-corrected chi connectivity index (χ0v) is 12.5. The van der Waals surface area contributed by atoms with Gasteiger partial charge >= 0.3 is 5.97 Å². The first-order chi connectivity index (χ1) is 9.38. The first kappa shape index (κ1) is 14.9. The molecule has 2 heterocycles. The maximum atomic E-state index is 11.1. The van der Waals surface area contributed by atoms with Gasteiger partial charge in [-0.2, -0.15) is 0 Å². The summed E-state index contributed by atoms with van der Waals surface area (Å²) in [5, 5.41) is 9.15. The molecule has 0 unspecified atom stereocenters. The minimum absolute atomic E-state index is 0.213. The second-order valence-corrected chi connectivity index (χ2v) is 6.60. The number of nitrogens with zero attached hydrogens (tertiary/aromatic N) is 3. The van der Waals surface area contributed by atoms with Crippen LogP contribution in [0, 0.1) is 11.3 Å². The van der Waals surface area contributed by atoms with Crippen molar-refractivity contribution in [3.05, 3.63) is 23.8 Å². The highest BCUT2D eigenvalue weighted by molar-refractivity contribution is 5.88. The van der Waals surface area contributed by atoms with Crippen molar-refractivity contribution in [1.82, 2.24) is 14.9 Å². The molecule has 0 aliphatic carbocycles. The number of carboxylic acid groups (broad SMARTS) is 1. The molecule has 0 amide bonds. The number of aromatic carboxylic acids is 1. The molecular weight excluding hydrogens is 254 g/mol. The number of carbonyl (C=O) groups is 1. The van der Waals surface area contributed by atoms with Gasteiger partial charge in [-0.25, -0.2) is 14.8 Å². The number of aromatic nitrogens is 2. The zero-order valence-electron chi connectivity index (χ0n) is 12.5. The number of rotatable bonds is 3. The molecule has 110 valence electrons. The first-order valence-corrected chi connectivity index (χ1v) is 7.12. The SMILES string of the molecule is CC(C)(C)C1CCN(Cc2ncncc2C(=O)O)CC1. The molecule has 1 saturated heterocycles. The summed E-state index contributed by atoms with van der Waals surface area (Å²) < 4.78 is 0. The summed E-state index contributed by atoms with van der Waals surface area (Å²) in [7, 11) is 0. The predicted octanol–water partition coefficient (Wildman–Crippen LogP) is 2.43. The van der Waals surface area contributed by atoms with Gasteiger partial charge < -0.3 is 5.11 Å². The predicted molar refractivity (Wildman–Crippen MR) is 76.4 cm³/mol. The van der Waals surface area contributed by atoms with Gasteiger partial charge in [0.15, 0.2) is 0 Å². The Bertz CT molecular complexity index is 474. The van der Waals surface area contributed by atoms with Gasteiger partial charge in [-0.05, 0) is 37.3 Å². The fourth-order valence-corrected chi connectivity index (χ4v) is 2.83. The van der Waals surface area contributed by atoms with Crippen LogP contribution in [0.5, 0.6) is 0 Å². The molecule has 0 saturated carbocycles. The number of carboxylic acids is 1. The molecule has 5 nitrogen and oxygen atoms in total. The minimum Gasteiger partial charge on any atom is -0.478 e. The Balaban J connectivity index is 1.98. The number of piperidine rings is 1. The molecule has 1 aliphatic heterocycles. The zero-order chi connectivity index (χ0) is 14.8. The maximum absolute atomic E-state index is 11.1. The van der Waals surface area contributed by atoms with E-state index < -0.39 is 5.97 Å². The summed E-state index contributed by atoms with van der Waals surface area (Å²) in [5.41, 5.74) is 1.18. The van der Waals surface area contributed by atoms with Gasteiger partial charge in [-0.1, -0.05) is 20.8 Å². The van der Waals surface area contributed by atoms with E-state index in [1.165, 1.54) is 12.5 Å². The van der Waals surface area contributed by atoms with E-state index >= 15 is 0 Å². The monoisotopic (exact) mass is 277 g/mol. The molecule has 2 rings (SSSR count). The van der Waals surface area contributed by atoms with E-state index in [4.69, 9.17) is 5.11 Å². The average molecular weight is 277 g/mol. The number of likely N-dealkylation sites (tertiary alicyclic amines) is 1. The highest BCUT2D eigenvalue weighted by Crippen LogP contribution is 2.34. The van der Waals surface area contributed by atoms with Gasteiger partial charge in [0.25, 0.3) is 0 Å². The molecule has 5 heteroatoms. The summed E-state index contributed by atoms with van der Waals surface area (Å²) >= 11 is 0. The van der Waals surface area contributed by atoms with Gasteiger partial charge in [-0.3, -0.25) is 4.90 Å². The normalized spacial score (nSPS) is 18.1. The molecule has 1 fully saturated rings. The van der Waals surface area contributed by atoms with Crippen LogP contribution in [-0.4, -0.2) is 39.0 Å². The van der Waals surface area contributed by atoms with Gasteiger partial charge in [0.2, 0.25) is 0 Å². The molecular formula is C15H23N3O2. The molecule has 1 aromatic heterocycles. The minimum atomic E-state index is -0.954. The van der Waals surface area contributed by atoms with Gasteiger partial charge in [0.1, 0.15) is 11.9 Å². The van der Waals surface area contributed by atoms with Gasteiger partial charge in [0, 0.05) is 12.7 Å². The number of hydrogen-bond acceptors (Lipinski definition) is 4. The molecule has 20 heavy (non-hydrogen) atoms. The third-order valence-corrected chi connectivity index (χ3v) is 4.21. The lowest BCUT2D eigenvalue weighted by atomic mass is 9.75. The third-order valence-electron chi connectivity index (χ3n) is 4.21. The van der Waals surface area contributed by atoms with Crippen LogP contribution in [0.15, 0.2) is 12.5 Å². The Morgan fingerprint density at radius 1 is 1.40 bits per heavy atom. The summed E-state index contributed by atoms with van der Waals surface area (Å²) in [4.78, 5) is 21.4. The maximum Gasteiger partial charge on any atom is 0.339 e. The van der Waals surface area contributed by atoms with E-state index in [0.717, 1.165) is 31.8 Å². The Morgan fingerprint density at radius 3 is 2.60 bits per heavy atom. The molecule has 0 aromatic carbocycles. The lowest BCUT2D eigenvalue weighted by Crippen LogP contribution is -2.38. The lowest BCUT2D eigenvalue weighted by Gasteiger charge is -2.38. The highest BCUT2D eigenvalue weighted by atomic mass is 16.4. The van der Waals surface area contributed by atoms with Crippen LogP contribution in [0.4, 0.5) is 0 Å². The van der Waals surface area contributed by atoms with Crippen molar-refractivity contribution in [2.24, 2.45) is 11.3 Å². The molecule has 0 radical (unpaired) electrons. The fraction of sp³-hybridized carbons (Fsp3) is 0.667. The summed E-state index contributed by atoms with van der Waals surface area (Å²) in [5.74, 6) is -0.215. The molecule has 1 aliphatic rings. The van der Waals surface area contributed by atoms with Gasteiger partial charge in [0.05, 0.1) is 5.69 Å². The Morgan fingerprint density at radius 2 is 2.05 bits per heavy atom. The molecule has 0 bridgehead atoms. The smallest absolute Gasteiger partial charge is 0.339 e. The van der Waals surface area contributed by atoms with E-state index in [2.05, 4.69) is 35.6 Å². The highest BCUT2D eigenvalue weighted by Gasteiger charge is 2.29. The summed E-state index contributed by atoms with van der Waals surface area (Å²) in [6.45, 7) is 9.48. The molecule has 1 aromatic rings. The van der Waals surface area contributed by atoms with Crippen molar-refractivity contribution < 1.29 is 9.90 Å². The van der Waals surface area contributed by atoms with Crippen molar-refractivity contribution in [3.63, 3.8) is 0 Å². The lowest BCUT2D eigenvalue weighted by molar-refractivity contribution is 0.0690. The number of hydrogen-bond donors (Lipinski definition) is 1. The van der Waals surface area contributed by atoms with E-state index in [0.29, 0.717) is 17.7 Å². The Hall–Kier alpha value is -1.49. The van der Waals surface area contributed by atoms with Crippen LogP contribution in [0.2, 0.25) is 0 Å². The van der Waals surface area contributed by atoms with Crippen LogP contribution in [0.1, 0.15) is 49.7 Å². The van der Waals surface area contributed by atoms with Crippen molar-refractivity contribution in [3.8, 4) is 0 Å². The van der Waals surface area contributed by atoms with Crippen LogP contribution in [-0.2, 0) is 6.54 Å². The van der Waals surface area contributed by atoms with Crippen molar-refractivity contribution in [2.75, 3.05) is 13.1 Å². The van der Waals surface area contributed by atoms with E-state index in [-0.39, 0.29) is 5.56 Å². The topological polar surface area (TPSA) is 66.3 Å². The third kappa shape index (κ3) is 3.54. The fourth-order valence-electron chi connectivity index (χ4n) is 2.83. The standard InChI is InChI=1S/C15H23N3O2/c1-15(2,3)11-4-6-18(7-5-11)9-13-12(14(19)20)8-16-10-17-13/h8,10-11H,4-7,9H2,1-3H3,(H,19,20). The second-order valence-electron chi connectivity index (χ2n) is 6.60. The molecule has 0 atom stereocenters. The average Bonchev–Trinajstić information content (AvgIpc) is 2.38. The largest absolute Gasteiger partial charge is 0.478 e. The van der Waals surface area contributed by atoms with Crippen LogP contribution >= 0.6 is 0 Å². The quantitative estimate of drug-likeness (QED) is 0.919. The first-order valence-electron chi connectivity index (χ1n) is 7.12. The summed E-state index contributed by atoms with van der Waals surface area (Å²) in [6, 6.07) is 0. The second kappa shape index (κ2) is 5.87. The molecule has 0 spiro atoms. The van der Waals surface area contributed by atoms with E-state index in [9.17, 15) is 4.79 Å². The van der Waals surface area contributed by atoms with Crippen molar-refractivity contribution in [2.45, 2.75) is 40.2 Å². The van der Waals surface area contributed by atoms with Crippen molar-refractivity contribution in [1.29, 1.82) is 0 Å². The van der Waals surface area contributed by atoms with E-state index in [1.54, 1.807) is 0 Å². The van der Waals surface area contributed by atoms with Crippen LogP contribution in [0.3, 0.4) is 0 Å². The van der Waals surface area contributed by atoms with Crippen LogP contribution < -0.4 is 0 Å². The summed E-state index contributed by atoms with van der Waals surface area (Å²) in [6.07, 6.45) is 5.13. The molecule has 1 N–H and O–H groups in total. The van der Waals surface area contributed by atoms with E-state index in [1.807, 2.05) is 0 Å². The van der Waals surface area contributed by atoms with Crippen molar-refractivity contribution >= 4 is 5.97 Å². The van der Waals surface area contributed by atoms with Crippen LogP contribution in [0.25, 0.3) is 0 Å².